The van der Waals surface area contributed by atoms with Gasteiger partial charge in [0, 0.05) is 11.4 Å². The zero-order valence-corrected chi connectivity index (χ0v) is 16.9. The van der Waals surface area contributed by atoms with Crippen molar-refractivity contribution >= 4 is 28.7 Å². The molecule has 0 fully saturated rings. The van der Waals surface area contributed by atoms with Gasteiger partial charge in [-0.25, -0.2) is 0 Å². The number of rotatable bonds is 5. The van der Waals surface area contributed by atoms with Crippen LogP contribution in [-0.2, 0) is 6.54 Å². The zero-order chi connectivity index (χ0) is 19.4. The molecule has 1 heterocycles. The van der Waals surface area contributed by atoms with Crippen LogP contribution in [-0.4, -0.2) is 22.0 Å². The maximum Gasteiger partial charge on any atom is 0.175 e. The number of hydrogen-bond acceptors (Lipinski definition) is 3. The Balaban J connectivity index is 1.63. The molecule has 3 aromatic rings. The lowest BCUT2D eigenvalue weighted by atomic mass is 10.2. The maximum absolute atomic E-state index is 5.43. The Morgan fingerprint density at radius 1 is 1.04 bits per heavy atom. The van der Waals surface area contributed by atoms with Gasteiger partial charge < -0.3 is 15.4 Å². The van der Waals surface area contributed by atoms with Gasteiger partial charge in [-0.05, 0) is 74.4 Å². The van der Waals surface area contributed by atoms with Crippen LogP contribution in [0.4, 0.5) is 11.4 Å². The summed E-state index contributed by atoms with van der Waals surface area (Å²) in [5.74, 6) is 0.755. The molecule has 0 aliphatic carbocycles. The van der Waals surface area contributed by atoms with Crippen LogP contribution in [0.2, 0.25) is 0 Å². The molecule has 27 heavy (non-hydrogen) atoms. The SMILES string of the molecule is COc1ccc(C)cc1NC(=S)Nc1ccc(Cn2nc(C)cc2C)cc1. The van der Waals surface area contributed by atoms with E-state index in [1.165, 1.54) is 5.56 Å². The minimum Gasteiger partial charge on any atom is -0.495 e. The predicted molar refractivity (Wildman–Crippen MR) is 115 cm³/mol. The second-order valence-corrected chi connectivity index (χ2v) is 6.97. The first kappa shape index (κ1) is 18.9. The molecule has 140 valence electrons. The van der Waals surface area contributed by atoms with Gasteiger partial charge in [-0.15, -0.1) is 0 Å². The van der Waals surface area contributed by atoms with Crippen LogP contribution in [0.3, 0.4) is 0 Å². The van der Waals surface area contributed by atoms with Gasteiger partial charge in [0.15, 0.2) is 5.11 Å². The molecule has 0 saturated carbocycles. The van der Waals surface area contributed by atoms with E-state index in [2.05, 4.69) is 40.9 Å². The molecule has 0 radical (unpaired) electrons. The number of ether oxygens (including phenoxy) is 1. The number of anilines is 2. The molecule has 0 unspecified atom stereocenters. The summed E-state index contributed by atoms with van der Waals surface area (Å²) in [4.78, 5) is 0. The molecule has 5 nitrogen and oxygen atoms in total. The second kappa shape index (κ2) is 8.22. The maximum atomic E-state index is 5.43. The lowest BCUT2D eigenvalue weighted by Crippen LogP contribution is -2.19. The average Bonchev–Trinajstić information content (AvgIpc) is 2.94. The standard InChI is InChI=1S/C21H24N4OS/c1-14-5-10-20(26-4)19(11-14)23-21(27)22-18-8-6-17(7-9-18)13-25-16(3)12-15(2)24-25/h5-12H,13H2,1-4H3,(H2,22,23,27). The quantitative estimate of drug-likeness (QED) is 0.630. The number of nitrogens with zero attached hydrogens (tertiary/aromatic N) is 2. The van der Waals surface area contributed by atoms with Crippen molar-refractivity contribution in [3.8, 4) is 5.75 Å². The van der Waals surface area contributed by atoms with Crippen LogP contribution < -0.4 is 15.4 Å². The number of methoxy groups -OCH3 is 1. The van der Waals surface area contributed by atoms with Gasteiger partial charge in [0.2, 0.25) is 0 Å². The van der Waals surface area contributed by atoms with E-state index in [-0.39, 0.29) is 0 Å². The highest BCUT2D eigenvalue weighted by Gasteiger charge is 2.06. The number of aromatic nitrogens is 2. The van der Waals surface area contributed by atoms with E-state index in [4.69, 9.17) is 17.0 Å². The van der Waals surface area contributed by atoms with Crippen molar-refractivity contribution < 1.29 is 4.74 Å². The van der Waals surface area contributed by atoms with Crippen LogP contribution >= 0.6 is 12.2 Å². The van der Waals surface area contributed by atoms with Crippen LogP contribution in [0.1, 0.15) is 22.5 Å². The van der Waals surface area contributed by atoms with Gasteiger partial charge in [0.1, 0.15) is 5.75 Å². The van der Waals surface area contributed by atoms with Crippen LogP contribution in [0.15, 0.2) is 48.5 Å². The first-order valence-electron chi connectivity index (χ1n) is 8.77. The molecule has 3 rings (SSSR count). The normalized spacial score (nSPS) is 10.5. The molecule has 2 aromatic carbocycles. The lowest BCUT2D eigenvalue weighted by Gasteiger charge is -2.14. The molecular formula is C21H24N4OS. The van der Waals surface area contributed by atoms with Crippen LogP contribution in [0.25, 0.3) is 0 Å². The number of aryl methyl sites for hydroxylation is 3. The summed E-state index contributed by atoms with van der Waals surface area (Å²) in [6.07, 6.45) is 0. The van der Waals surface area contributed by atoms with E-state index in [0.717, 1.165) is 40.6 Å². The third-order valence-electron chi connectivity index (χ3n) is 4.25. The third-order valence-corrected chi connectivity index (χ3v) is 4.45. The van der Waals surface area contributed by atoms with Gasteiger partial charge in [0.05, 0.1) is 25.0 Å². The molecule has 0 bridgehead atoms. The molecule has 2 N–H and O–H groups in total. The summed E-state index contributed by atoms with van der Waals surface area (Å²) >= 11 is 5.43. The number of hydrogen-bond donors (Lipinski definition) is 2. The largest absolute Gasteiger partial charge is 0.495 e. The average molecular weight is 381 g/mol. The summed E-state index contributed by atoms with van der Waals surface area (Å²) in [6.45, 7) is 6.86. The molecular weight excluding hydrogens is 356 g/mol. The Morgan fingerprint density at radius 2 is 1.78 bits per heavy atom. The van der Waals surface area contributed by atoms with Crippen molar-refractivity contribution in [2.75, 3.05) is 17.7 Å². The topological polar surface area (TPSA) is 51.1 Å². The molecule has 0 saturated heterocycles. The fraction of sp³-hybridized carbons (Fsp3) is 0.238. The lowest BCUT2D eigenvalue weighted by molar-refractivity contribution is 0.417. The number of thiocarbonyl (C=S) groups is 1. The fourth-order valence-corrected chi connectivity index (χ4v) is 3.13. The van der Waals surface area contributed by atoms with Crippen molar-refractivity contribution in [2.45, 2.75) is 27.3 Å². The Bertz CT molecular complexity index is 947. The van der Waals surface area contributed by atoms with Gasteiger partial charge in [-0.3, -0.25) is 4.68 Å². The van der Waals surface area contributed by atoms with E-state index in [0.29, 0.717) is 5.11 Å². The van der Waals surface area contributed by atoms with E-state index < -0.39 is 0 Å². The molecule has 0 amide bonds. The first-order valence-corrected chi connectivity index (χ1v) is 9.18. The van der Waals surface area contributed by atoms with E-state index in [1.807, 2.05) is 48.9 Å². The molecule has 1 aromatic heterocycles. The van der Waals surface area contributed by atoms with Crippen LogP contribution in [0, 0.1) is 20.8 Å². The summed E-state index contributed by atoms with van der Waals surface area (Å²) in [5.41, 5.74) is 6.29. The first-order chi connectivity index (χ1) is 12.9. The second-order valence-electron chi connectivity index (χ2n) is 6.56. The third kappa shape index (κ3) is 4.86. The number of nitrogens with one attached hydrogen (secondary N) is 2. The molecule has 0 atom stereocenters. The van der Waals surface area contributed by atoms with Crippen molar-refractivity contribution in [1.29, 1.82) is 0 Å². The highest BCUT2D eigenvalue weighted by atomic mass is 32.1. The van der Waals surface area contributed by atoms with Gasteiger partial charge >= 0.3 is 0 Å². The Labute approximate surface area is 165 Å². The van der Waals surface area contributed by atoms with Crippen molar-refractivity contribution in [3.05, 3.63) is 71.0 Å². The monoisotopic (exact) mass is 380 g/mol. The molecule has 0 aliphatic heterocycles. The minimum absolute atomic E-state index is 0.519. The summed E-state index contributed by atoms with van der Waals surface area (Å²) in [5, 5.41) is 11.4. The molecule has 0 spiro atoms. The minimum atomic E-state index is 0.519. The summed E-state index contributed by atoms with van der Waals surface area (Å²) in [7, 11) is 1.65. The van der Waals surface area contributed by atoms with Crippen molar-refractivity contribution in [3.63, 3.8) is 0 Å². The van der Waals surface area contributed by atoms with Gasteiger partial charge in [-0.1, -0.05) is 18.2 Å². The summed E-state index contributed by atoms with van der Waals surface area (Å²) < 4.78 is 7.38. The van der Waals surface area contributed by atoms with Gasteiger partial charge in [-0.2, -0.15) is 5.10 Å². The Morgan fingerprint density at radius 3 is 2.41 bits per heavy atom. The highest BCUT2D eigenvalue weighted by Crippen LogP contribution is 2.25. The summed E-state index contributed by atoms with van der Waals surface area (Å²) in [6, 6.07) is 16.2. The smallest absolute Gasteiger partial charge is 0.175 e. The van der Waals surface area contributed by atoms with E-state index in [9.17, 15) is 0 Å². The van der Waals surface area contributed by atoms with Crippen LogP contribution in [0.5, 0.6) is 5.75 Å². The zero-order valence-electron chi connectivity index (χ0n) is 16.0. The molecule has 6 heteroatoms. The van der Waals surface area contributed by atoms with Gasteiger partial charge in [0.25, 0.3) is 0 Å². The fourth-order valence-electron chi connectivity index (χ4n) is 2.91. The highest BCUT2D eigenvalue weighted by molar-refractivity contribution is 7.80. The van der Waals surface area contributed by atoms with E-state index >= 15 is 0 Å². The predicted octanol–water partition coefficient (Wildman–Crippen LogP) is 4.67. The van der Waals surface area contributed by atoms with Crippen molar-refractivity contribution in [1.82, 2.24) is 9.78 Å². The van der Waals surface area contributed by atoms with E-state index in [1.54, 1.807) is 7.11 Å². The Kier molecular flexibility index (Phi) is 5.76. The number of benzene rings is 2. The van der Waals surface area contributed by atoms with Crippen molar-refractivity contribution in [2.24, 2.45) is 0 Å². The Hall–Kier alpha value is -2.86. The molecule has 0 aliphatic rings.